The highest BCUT2D eigenvalue weighted by atomic mass is 14.7. The van der Waals surface area contributed by atoms with Crippen molar-refractivity contribution in [2.75, 3.05) is 0 Å². The average molecular weight is 340 g/mol. The molecule has 2 heterocycles. The minimum absolute atomic E-state index is 0.415. The van der Waals surface area contributed by atoms with Gasteiger partial charge in [-0.25, -0.2) is 0 Å². The molecule has 130 valence electrons. The maximum absolute atomic E-state index is 4.77. The number of fused-ring (bicyclic) bond motifs is 2. The predicted molar refractivity (Wildman–Crippen MR) is 111 cm³/mol. The van der Waals surface area contributed by atoms with Gasteiger partial charge >= 0.3 is 0 Å². The van der Waals surface area contributed by atoms with Gasteiger partial charge in [0, 0.05) is 28.7 Å². The van der Waals surface area contributed by atoms with Crippen molar-refractivity contribution in [1.82, 2.24) is 9.97 Å². The van der Waals surface area contributed by atoms with Crippen LogP contribution in [0.15, 0.2) is 60.9 Å². The lowest BCUT2D eigenvalue weighted by atomic mass is 9.96. The summed E-state index contributed by atoms with van der Waals surface area (Å²) in [5.41, 5.74) is 4.67. The lowest BCUT2D eigenvalue weighted by molar-refractivity contribution is 0.834. The average Bonchev–Trinajstić information content (AvgIpc) is 2.65. The molecule has 4 aromatic rings. The maximum atomic E-state index is 4.77. The number of benzene rings is 2. The third-order valence-electron chi connectivity index (χ3n) is 5.06. The fraction of sp³-hybridized carbons (Fsp3) is 0.250. The number of nitrogens with zero attached hydrogens (tertiary/aromatic N) is 2. The van der Waals surface area contributed by atoms with E-state index in [-0.39, 0.29) is 0 Å². The van der Waals surface area contributed by atoms with Crippen LogP contribution in [0.5, 0.6) is 0 Å². The molecule has 0 unspecified atom stereocenters. The Hall–Kier alpha value is -2.74. The van der Waals surface area contributed by atoms with Crippen LogP contribution in [-0.4, -0.2) is 9.97 Å². The van der Waals surface area contributed by atoms with E-state index in [9.17, 15) is 0 Å². The molecule has 0 N–H and O–H groups in total. The quantitative estimate of drug-likeness (QED) is 0.415. The number of hydrogen-bond donors (Lipinski definition) is 0. The monoisotopic (exact) mass is 340 g/mol. The molecule has 26 heavy (non-hydrogen) atoms. The van der Waals surface area contributed by atoms with Gasteiger partial charge in [-0.3, -0.25) is 9.97 Å². The Balaban J connectivity index is 1.85. The SMILES string of the molecule is CC(C)c1cccc2cc(-c3ccc4c(C(C)C)nccc4c3)ncc12. The lowest BCUT2D eigenvalue weighted by Crippen LogP contribution is -1.94. The van der Waals surface area contributed by atoms with Crippen LogP contribution in [0.4, 0.5) is 0 Å². The molecule has 2 heteroatoms. The molecule has 0 atom stereocenters. The summed E-state index contributed by atoms with van der Waals surface area (Å²) in [5, 5.41) is 4.95. The van der Waals surface area contributed by atoms with E-state index in [0.29, 0.717) is 11.8 Å². The number of aromatic nitrogens is 2. The summed E-state index contributed by atoms with van der Waals surface area (Å²) < 4.78 is 0. The molecule has 2 nitrogen and oxygen atoms in total. The minimum atomic E-state index is 0.415. The van der Waals surface area contributed by atoms with E-state index in [1.165, 1.54) is 27.1 Å². The van der Waals surface area contributed by atoms with Gasteiger partial charge in [-0.15, -0.1) is 0 Å². The molecular formula is C24H24N2. The summed E-state index contributed by atoms with van der Waals surface area (Å²) in [6.07, 6.45) is 3.93. The molecule has 0 saturated heterocycles. The van der Waals surface area contributed by atoms with Crippen LogP contribution in [0, 0.1) is 0 Å². The predicted octanol–water partition coefficient (Wildman–Crippen LogP) is 6.70. The van der Waals surface area contributed by atoms with Crippen molar-refractivity contribution in [3.63, 3.8) is 0 Å². The van der Waals surface area contributed by atoms with Crippen LogP contribution in [-0.2, 0) is 0 Å². The van der Waals surface area contributed by atoms with Crippen LogP contribution in [0.2, 0.25) is 0 Å². The largest absolute Gasteiger partial charge is 0.260 e. The van der Waals surface area contributed by atoms with E-state index in [1.807, 2.05) is 12.4 Å². The number of rotatable bonds is 3. The molecule has 0 radical (unpaired) electrons. The standard InChI is InChI=1S/C24H24N2/c1-15(2)20-7-5-6-17-13-23(26-14-22(17)20)19-8-9-21-18(12-19)10-11-25-24(21)16(3)4/h5-16H,1-4H3. The first-order valence-corrected chi connectivity index (χ1v) is 9.32. The second-order valence-electron chi connectivity index (χ2n) is 7.58. The van der Waals surface area contributed by atoms with Crippen LogP contribution >= 0.6 is 0 Å². The Labute approximate surface area is 154 Å². The molecule has 2 aromatic heterocycles. The molecule has 4 rings (SSSR count). The van der Waals surface area contributed by atoms with Gasteiger partial charge in [0.15, 0.2) is 0 Å². The molecule has 0 amide bonds. The summed E-state index contributed by atoms with van der Waals surface area (Å²) in [7, 11) is 0. The zero-order valence-corrected chi connectivity index (χ0v) is 15.8. The van der Waals surface area contributed by atoms with E-state index < -0.39 is 0 Å². The van der Waals surface area contributed by atoms with E-state index in [1.54, 1.807) is 0 Å². The van der Waals surface area contributed by atoms with E-state index in [4.69, 9.17) is 4.98 Å². The molecule has 0 spiro atoms. The Morgan fingerprint density at radius 2 is 1.54 bits per heavy atom. The highest BCUT2D eigenvalue weighted by Crippen LogP contribution is 2.30. The number of pyridine rings is 2. The second kappa shape index (κ2) is 6.53. The molecule has 0 bridgehead atoms. The molecule has 0 fully saturated rings. The fourth-order valence-corrected chi connectivity index (χ4v) is 3.68. The van der Waals surface area contributed by atoms with Crippen molar-refractivity contribution in [2.45, 2.75) is 39.5 Å². The Morgan fingerprint density at radius 3 is 2.31 bits per heavy atom. The first kappa shape index (κ1) is 16.7. The molecule has 0 saturated carbocycles. The molecule has 2 aromatic carbocycles. The van der Waals surface area contributed by atoms with Crippen molar-refractivity contribution in [1.29, 1.82) is 0 Å². The van der Waals surface area contributed by atoms with Crippen molar-refractivity contribution >= 4 is 21.5 Å². The van der Waals surface area contributed by atoms with Gasteiger partial charge in [-0.1, -0.05) is 58.0 Å². The summed E-state index contributed by atoms with van der Waals surface area (Å²) in [6.45, 7) is 8.83. The summed E-state index contributed by atoms with van der Waals surface area (Å²) in [5.74, 6) is 0.909. The first-order chi connectivity index (χ1) is 12.5. The highest BCUT2D eigenvalue weighted by Gasteiger charge is 2.10. The van der Waals surface area contributed by atoms with E-state index >= 15 is 0 Å². The van der Waals surface area contributed by atoms with Crippen LogP contribution in [0.25, 0.3) is 32.8 Å². The minimum Gasteiger partial charge on any atom is -0.260 e. The van der Waals surface area contributed by atoms with Gasteiger partial charge in [-0.05, 0) is 46.4 Å². The lowest BCUT2D eigenvalue weighted by Gasteiger charge is -2.12. The molecule has 0 aliphatic rings. The van der Waals surface area contributed by atoms with Crippen molar-refractivity contribution in [3.05, 3.63) is 72.2 Å². The summed E-state index contributed by atoms with van der Waals surface area (Å²) in [4.78, 5) is 9.33. The summed E-state index contributed by atoms with van der Waals surface area (Å²) >= 11 is 0. The van der Waals surface area contributed by atoms with Gasteiger partial charge in [0.2, 0.25) is 0 Å². The van der Waals surface area contributed by atoms with Crippen LogP contribution in [0.1, 0.15) is 50.8 Å². The smallest absolute Gasteiger partial charge is 0.0708 e. The number of hydrogen-bond acceptors (Lipinski definition) is 2. The van der Waals surface area contributed by atoms with Gasteiger partial charge in [0.05, 0.1) is 11.4 Å². The second-order valence-corrected chi connectivity index (χ2v) is 7.58. The molecular weight excluding hydrogens is 316 g/mol. The van der Waals surface area contributed by atoms with E-state index in [2.05, 4.69) is 81.2 Å². The molecule has 0 aliphatic carbocycles. The van der Waals surface area contributed by atoms with Crippen molar-refractivity contribution in [2.24, 2.45) is 0 Å². The Morgan fingerprint density at radius 1 is 0.731 bits per heavy atom. The Bertz CT molecular complexity index is 1000. The fourth-order valence-electron chi connectivity index (χ4n) is 3.68. The van der Waals surface area contributed by atoms with Gasteiger partial charge < -0.3 is 0 Å². The molecule has 0 aliphatic heterocycles. The van der Waals surface area contributed by atoms with Crippen LogP contribution in [0.3, 0.4) is 0 Å². The third-order valence-corrected chi connectivity index (χ3v) is 5.06. The van der Waals surface area contributed by atoms with E-state index in [0.717, 1.165) is 17.0 Å². The topological polar surface area (TPSA) is 25.8 Å². The van der Waals surface area contributed by atoms with Crippen molar-refractivity contribution < 1.29 is 0 Å². The first-order valence-electron chi connectivity index (χ1n) is 9.32. The summed E-state index contributed by atoms with van der Waals surface area (Å²) in [6, 6.07) is 17.4. The highest BCUT2D eigenvalue weighted by molar-refractivity contribution is 5.91. The maximum Gasteiger partial charge on any atom is 0.0708 e. The zero-order valence-electron chi connectivity index (χ0n) is 15.8. The Kier molecular flexibility index (Phi) is 4.20. The van der Waals surface area contributed by atoms with Crippen LogP contribution < -0.4 is 0 Å². The van der Waals surface area contributed by atoms with Crippen molar-refractivity contribution in [3.8, 4) is 11.3 Å². The van der Waals surface area contributed by atoms with Gasteiger partial charge in [-0.2, -0.15) is 0 Å². The van der Waals surface area contributed by atoms with Gasteiger partial charge in [0.25, 0.3) is 0 Å². The third kappa shape index (κ3) is 2.86. The normalized spacial score (nSPS) is 11.8. The van der Waals surface area contributed by atoms with Gasteiger partial charge in [0.1, 0.15) is 0 Å². The zero-order chi connectivity index (χ0) is 18.3.